The molecule has 0 bridgehead atoms. The van der Waals surface area contributed by atoms with E-state index in [2.05, 4.69) is 17.4 Å². The second-order valence-corrected chi connectivity index (χ2v) is 8.46. The number of thioether (sulfide) groups is 1. The van der Waals surface area contributed by atoms with Crippen LogP contribution in [0.25, 0.3) is 6.08 Å². The van der Waals surface area contributed by atoms with E-state index >= 15 is 0 Å². The van der Waals surface area contributed by atoms with Crippen LogP contribution in [-0.4, -0.2) is 23.9 Å². The van der Waals surface area contributed by atoms with Crippen molar-refractivity contribution in [2.75, 3.05) is 12.9 Å². The van der Waals surface area contributed by atoms with Crippen molar-refractivity contribution in [3.8, 4) is 17.6 Å². The Balaban J connectivity index is 1.69. The first-order chi connectivity index (χ1) is 16.1. The molecule has 3 aromatic rings. The zero-order valence-corrected chi connectivity index (χ0v) is 19.3. The Bertz CT molecular complexity index is 1140. The largest absolute Gasteiger partial charge is 0.504 e. The molecule has 6 heteroatoms. The number of hydrogen-bond acceptors (Lipinski definition) is 5. The van der Waals surface area contributed by atoms with Crippen molar-refractivity contribution < 1.29 is 14.6 Å². The van der Waals surface area contributed by atoms with Gasteiger partial charge in [-0.25, -0.2) is 0 Å². The molecule has 1 amide bonds. The summed E-state index contributed by atoms with van der Waals surface area (Å²) in [5, 5.41) is 22.8. The van der Waals surface area contributed by atoms with Crippen LogP contribution in [0.2, 0.25) is 0 Å². The van der Waals surface area contributed by atoms with Crippen molar-refractivity contribution in [2.45, 2.75) is 18.7 Å². The Labute approximate surface area is 198 Å². The number of phenols is 1. The molecule has 0 heterocycles. The average molecular weight is 459 g/mol. The zero-order valence-electron chi connectivity index (χ0n) is 18.5. The van der Waals surface area contributed by atoms with E-state index in [4.69, 9.17) is 4.74 Å². The molecule has 0 aliphatic heterocycles. The molecule has 0 unspecified atom stereocenters. The predicted octanol–water partition coefficient (Wildman–Crippen LogP) is 5.10. The third-order valence-electron chi connectivity index (χ3n) is 5.00. The van der Waals surface area contributed by atoms with Gasteiger partial charge < -0.3 is 15.2 Å². The first kappa shape index (κ1) is 24.0. The molecule has 168 valence electrons. The molecule has 5 nitrogen and oxygen atoms in total. The van der Waals surface area contributed by atoms with Crippen LogP contribution in [0.1, 0.15) is 22.3 Å². The molecule has 0 aliphatic rings. The topological polar surface area (TPSA) is 82.3 Å². The normalized spacial score (nSPS) is 11.0. The number of phenolic OH excluding ortho intramolecular Hbond substituents is 1. The number of aromatic hydroxyl groups is 1. The first-order valence-corrected chi connectivity index (χ1v) is 11.7. The van der Waals surface area contributed by atoms with Gasteiger partial charge >= 0.3 is 0 Å². The fourth-order valence-electron chi connectivity index (χ4n) is 3.24. The Hall–Kier alpha value is -3.69. The van der Waals surface area contributed by atoms with E-state index < -0.39 is 5.91 Å². The van der Waals surface area contributed by atoms with Crippen molar-refractivity contribution in [1.29, 1.82) is 5.26 Å². The van der Waals surface area contributed by atoms with Gasteiger partial charge in [-0.2, -0.15) is 17.0 Å². The zero-order chi connectivity index (χ0) is 23.5. The summed E-state index contributed by atoms with van der Waals surface area (Å²) >= 11 is 1.70. The number of benzene rings is 3. The van der Waals surface area contributed by atoms with Crippen molar-refractivity contribution in [3.63, 3.8) is 0 Å². The summed E-state index contributed by atoms with van der Waals surface area (Å²) in [5.41, 5.74) is 3.52. The van der Waals surface area contributed by atoms with E-state index in [9.17, 15) is 15.2 Å². The van der Waals surface area contributed by atoms with Crippen molar-refractivity contribution in [3.05, 3.63) is 101 Å². The van der Waals surface area contributed by atoms with Crippen molar-refractivity contribution >= 4 is 23.7 Å². The van der Waals surface area contributed by atoms with Gasteiger partial charge in [0.05, 0.1) is 7.11 Å². The summed E-state index contributed by atoms with van der Waals surface area (Å²) in [6, 6.07) is 25.1. The standard InChI is InChI=1S/C27H26N2O3S/c1-32-25-16-22(14-23(17-28)27(31)29-18-21-10-6-3-7-11-21)15-24(26(25)30)19-33-13-12-20-8-4-2-5-9-20/h2-11,14-16,30H,12-13,18-19H2,1H3,(H,29,31)/b23-14-. The van der Waals surface area contributed by atoms with Gasteiger partial charge in [-0.15, -0.1) is 0 Å². The number of nitrogens with zero attached hydrogens (tertiary/aromatic N) is 1. The quantitative estimate of drug-likeness (QED) is 0.251. The molecular weight excluding hydrogens is 432 g/mol. The number of amides is 1. The summed E-state index contributed by atoms with van der Waals surface area (Å²) < 4.78 is 5.31. The monoisotopic (exact) mass is 458 g/mol. The minimum absolute atomic E-state index is 0.0126. The van der Waals surface area contributed by atoms with Gasteiger partial charge in [0.15, 0.2) is 11.5 Å². The predicted molar refractivity (Wildman–Crippen MR) is 133 cm³/mol. The van der Waals surface area contributed by atoms with Crippen LogP contribution >= 0.6 is 11.8 Å². The highest BCUT2D eigenvalue weighted by Crippen LogP contribution is 2.34. The van der Waals surface area contributed by atoms with E-state index in [1.54, 1.807) is 23.9 Å². The van der Waals surface area contributed by atoms with Crippen LogP contribution in [0, 0.1) is 11.3 Å². The van der Waals surface area contributed by atoms with Crippen LogP contribution in [0.3, 0.4) is 0 Å². The molecule has 2 N–H and O–H groups in total. The van der Waals surface area contributed by atoms with Crippen molar-refractivity contribution in [2.24, 2.45) is 0 Å². The molecule has 0 spiro atoms. The van der Waals surface area contributed by atoms with Gasteiger partial charge in [0.2, 0.25) is 0 Å². The highest BCUT2D eigenvalue weighted by Gasteiger charge is 2.13. The number of carbonyl (C=O) groups excluding carboxylic acids is 1. The van der Waals surface area contributed by atoms with Gasteiger partial charge in [0, 0.05) is 17.9 Å². The molecule has 0 radical (unpaired) electrons. The maximum Gasteiger partial charge on any atom is 0.262 e. The van der Waals surface area contributed by atoms with Gasteiger partial charge in [0.25, 0.3) is 5.91 Å². The molecule has 0 aromatic heterocycles. The molecule has 0 aliphatic carbocycles. The Morgan fingerprint density at radius 3 is 2.39 bits per heavy atom. The molecule has 33 heavy (non-hydrogen) atoms. The third kappa shape index (κ3) is 7.16. The van der Waals surface area contributed by atoms with E-state index in [0.29, 0.717) is 29.2 Å². The summed E-state index contributed by atoms with van der Waals surface area (Å²) in [4.78, 5) is 12.5. The second-order valence-electron chi connectivity index (χ2n) is 7.36. The van der Waals surface area contributed by atoms with Crippen LogP contribution in [0.15, 0.2) is 78.4 Å². The van der Waals surface area contributed by atoms with E-state index in [1.807, 2.05) is 54.6 Å². The van der Waals surface area contributed by atoms with Crippen LogP contribution in [0.5, 0.6) is 11.5 Å². The molecule has 0 saturated heterocycles. The fourth-order valence-corrected chi connectivity index (χ4v) is 4.21. The minimum Gasteiger partial charge on any atom is -0.504 e. The maximum atomic E-state index is 12.5. The highest BCUT2D eigenvalue weighted by molar-refractivity contribution is 7.98. The lowest BCUT2D eigenvalue weighted by Gasteiger charge is -2.11. The lowest BCUT2D eigenvalue weighted by atomic mass is 10.1. The number of hydrogen-bond donors (Lipinski definition) is 2. The van der Waals surface area contributed by atoms with E-state index in [-0.39, 0.29) is 11.3 Å². The smallest absolute Gasteiger partial charge is 0.262 e. The highest BCUT2D eigenvalue weighted by atomic mass is 32.2. The fraction of sp³-hybridized carbons (Fsp3) is 0.185. The van der Waals surface area contributed by atoms with Gasteiger partial charge in [-0.05, 0) is 47.1 Å². The number of aryl methyl sites for hydroxylation is 1. The lowest BCUT2D eigenvalue weighted by molar-refractivity contribution is -0.117. The summed E-state index contributed by atoms with van der Waals surface area (Å²) in [7, 11) is 1.48. The number of methoxy groups -OCH3 is 1. The second kappa shape index (κ2) is 12.4. The third-order valence-corrected chi connectivity index (χ3v) is 6.01. The number of rotatable bonds is 10. The first-order valence-electron chi connectivity index (χ1n) is 10.6. The van der Waals surface area contributed by atoms with Crippen LogP contribution in [0.4, 0.5) is 0 Å². The number of carbonyl (C=O) groups is 1. The van der Waals surface area contributed by atoms with Gasteiger partial charge in [-0.1, -0.05) is 60.7 Å². The van der Waals surface area contributed by atoms with E-state index in [0.717, 1.165) is 17.7 Å². The Morgan fingerprint density at radius 1 is 1.09 bits per heavy atom. The summed E-state index contributed by atoms with van der Waals surface area (Å²) in [6.45, 7) is 0.334. The van der Waals surface area contributed by atoms with Gasteiger partial charge in [0.1, 0.15) is 11.6 Å². The summed E-state index contributed by atoms with van der Waals surface area (Å²) in [6.07, 6.45) is 2.45. The number of ether oxygens (including phenoxy) is 1. The SMILES string of the molecule is COc1cc(/C=C(/C#N)C(=O)NCc2ccccc2)cc(CSCCc2ccccc2)c1O. The Kier molecular flexibility index (Phi) is 8.98. The number of nitrogens with one attached hydrogen (secondary N) is 1. The molecule has 0 saturated carbocycles. The molecule has 3 rings (SSSR count). The molecule has 0 atom stereocenters. The van der Waals surface area contributed by atoms with E-state index in [1.165, 1.54) is 18.7 Å². The van der Waals surface area contributed by atoms with Crippen LogP contribution < -0.4 is 10.1 Å². The Morgan fingerprint density at radius 2 is 1.76 bits per heavy atom. The van der Waals surface area contributed by atoms with Crippen LogP contribution in [-0.2, 0) is 23.5 Å². The molecule has 0 fully saturated rings. The summed E-state index contributed by atoms with van der Waals surface area (Å²) in [5.74, 6) is 1.42. The van der Waals surface area contributed by atoms with Gasteiger partial charge in [-0.3, -0.25) is 4.79 Å². The maximum absolute atomic E-state index is 12.5. The molecular formula is C27H26N2O3S. The molecule has 3 aromatic carbocycles. The van der Waals surface area contributed by atoms with Crippen molar-refractivity contribution in [1.82, 2.24) is 5.32 Å². The minimum atomic E-state index is -0.452. The lowest BCUT2D eigenvalue weighted by Crippen LogP contribution is -2.23. The number of nitriles is 1. The average Bonchev–Trinajstić information content (AvgIpc) is 2.86.